The number of rotatable bonds is 3. The number of pyridine rings is 2. The van der Waals surface area contributed by atoms with Crippen LogP contribution in [0.5, 0.6) is 0 Å². The maximum Gasteiger partial charge on any atom is 0.275 e. The second kappa shape index (κ2) is 8.16. The van der Waals surface area contributed by atoms with Crippen molar-refractivity contribution in [1.82, 2.24) is 14.3 Å². The van der Waals surface area contributed by atoms with Crippen molar-refractivity contribution in [3.8, 4) is 6.07 Å². The third-order valence-corrected chi connectivity index (χ3v) is 7.80. The Bertz CT molecular complexity index is 1260. The van der Waals surface area contributed by atoms with E-state index in [-0.39, 0.29) is 28.9 Å². The van der Waals surface area contributed by atoms with E-state index in [1.165, 1.54) is 28.7 Å². The zero-order valence-electron chi connectivity index (χ0n) is 17.3. The van der Waals surface area contributed by atoms with Crippen LogP contribution in [0.1, 0.15) is 41.5 Å². The Hall–Kier alpha value is -3.59. The number of aliphatic imine (C=N–C) groups is 1. The summed E-state index contributed by atoms with van der Waals surface area (Å²) in [5.41, 5.74) is 5.08. The highest BCUT2D eigenvalue weighted by Crippen LogP contribution is 2.35. The monoisotopic (exact) mass is 456 g/mol. The minimum absolute atomic E-state index is 0.0341. The van der Waals surface area contributed by atoms with Crippen LogP contribution in [0, 0.1) is 17.1 Å². The van der Waals surface area contributed by atoms with Gasteiger partial charge in [-0.15, -0.1) is 0 Å². The fourth-order valence-corrected chi connectivity index (χ4v) is 6.15. The Labute approximate surface area is 184 Å². The van der Waals surface area contributed by atoms with Crippen LogP contribution in [0.15, 0.2) is 39.8 Å². The van der Waals surface area contributed by atoms with Gasteiger partial charge in [0.05, 0.1) is 17.9 Å². The highest BCUT2D eigenvalue weighted by atomic mass is 32.2. The standard InChI is InChI=1S/C20H21FN8O2S/c1-20(12-32(31)25-8-2-3-9-29(32)19(23)28-20)17-14(21)5-7-16(26-17)27-18(30)15-6-4-13(10-22)11-24-15/h4-7,11H,2-3,8-9,12H2,1H3,(H2,23,28)(H,26,27,30)/t20-,32+/m0/s1. The van der Waals surface area contributed by atoms with Crippen molar-refractivity contribution < 1.29 is 13.4 Å². The lowest BCUT2D eigenvalue weighted by Gasteiger charge is -2.37. The molecule has 2 aliphatic rings. The average Bonchev–Trinajstić information content (AvgIpc) is 2.96. The molecule has 166 valence electrons. The van der Waals surface area contributed by atoms with E-state index in [2.05, 4.69) is 24.6 Å². The van der Waals surface area contributed by atoms with Gasteiger partial charge in [-0.2, -0.15) is 5.26 Å². The van der Waals surface area contributed by atoms with Crippen molar-refractivity contribution in [2.24, 2.45) is 15.1 Å². The third kappa shape index (κ3) is 3.99. The number of nitriles is 1. The Morgan fingerprint density at radius 2 is 2.16 bits per heavy atom. The molecule has 2 atom stereocenters. The van der Waals surface area contributed by atoms with Gasteiger partial charge in [-0.1, -0.05) is 0 Å². The summed E-state index contributed by atoms with van der Waals surface area (Å²) in [5.74, 6) is -1.20. The number of amides is 1. The van der Waals surface area contributed by atoms with Gasteiger partial charge in [0.2, 0.25) is 5.96 Å². The van der Waals surface area contributed by atoms with Gasteiger partial charge in [0, 0.05) is 12.7 Å². The molecular weight excluding hydrogens is 435 g/mol. The Morgan fingerprint density at radius 1 is 1.34 bits per heavy atom. The molecule has 0 bridgehead atoms. The van der Waals surface area contributed by atoms with E-state index in [4.69, 9.17) is 11.0 Å². The van der Waals surface area contributed by atoms with E-state index >= 15 is 0 Å². The Kier molecular flexibility index (Phi) is 5.52. The highest BCUT2D eigenvalue weighted by Gasteiger charge is 2.43. The van der Waals surface area contributed by atoms with Gasteiger partial charge < -0.3 is 11.1 Å². The molecule has 10 nitrogen and oxygen atoms in total. The Balaban J connectivity index is 1.67. The molecule has 0 saturated heterocycles. The number of nitrogens with one attached hydrogen (secondary N) is 1. The first-order valence-electron chi connectivity index (χ1n) is 9.92. The van der Waals surface area contributed by atoms with Gasteiger partial charge >= 0.3 is 0 Å². The zero-order chi connectivity index (χ0) is 22.9. The van der Waals surface area contributed by atoms with E-state index in [1.807, 2.05) is 6.07 Å². The molecule has 0 aliphatic carbocycles. The van der Waals surface area contributed by atoms with Crippen LogP contribution in [0.3, 0.4) is 0 Å². The molecule has 0 saturated carbocycles. The molecule has 2 aromatic rings. The van der Waals surface area contributed by atoms with Gasteiger partial charge in [-0.3, -0.25) is 9.10 Å². The lowest BCUT2D eigenvalue weighted by atomic mass is 10.00. The molecule has 4 rings (SSSR count). The molecule has 4 heterocycles. The molecule has 3 N–H and O–H groups in total. The van der Waals surface area contributed by atoms with Crippen molar-refractivity contribution in [2.45, 2.75) is 25.3 Å². The van der Waals surface area contributed by atoms with Gasteiger partial charge in [0.15, 0.2) is 0 Å². The minimum atomic E-state index is -2.90. The third-order valence-electron chi connectivity index (χ3n) is 5.22. The number of nitrogens with two attached hydrogens (primary N) is 1. The predicted molar refractivity (Wildman–Crippen MR) is 116 cm³/mol. The molecule has 32 heavy (non-hydrogen) atoms. The first-order valence-corrected chi connectivity index (χ1v) is 11.6. The lowest BCUT2D eigenvalue weighted by molar-refractivity contribution is 0.102. The summed E-state index contributed by atoms with van der Waals surface area (Å²) in [4.78, 5) is 25.1. The van der Waals surface area contributed by atoms with Gasteiger partial charge in [0.1, 0.15) is 44.5 Å². The summed E-state index contributed by atoms with van der Waals surface area (Å²) in [5, 5.41) is 11.4. The molecule has 0 unspecified atom stereocenters. The number of carbonyl (C=O) groups excluding carboxylic acids is 1. The van der Waals surface area contributed by atoms with Crippen LogP contribution in [0.25, 0.3) is 0 Å². The number of aromatic nitrogens is 2. The van der Waals surface area contributed by atoms with E-state index in [1.54, 1.807) is 6.92 Å². The molecule has 1 amide bonds. The maximum atomic E-state index is 14.8. The number of fused-ring (bicyclic) bond motifs is 1. The molecule has 0 fully saturated rings. The average molecular weight is 457 g/mol. The van der Waals surface area contributed by atoms with Crippen LogP contribution < -0.4 is 11.1 Å². The summed E-state index contributed by atoms with van der Waals surface area (Å²) in [6.07, 6.45) is 2.84. The van der Waals surface area contributed by atoms with E-state index in [0.29, 0.717) is 18.7 Å². The lowest BCUT2D eigenvalue weighted by Crippen LogP contribution is -2.52. The van der Waals surface area contributed by atoms with Crippen molar-refractivity contribution in [3.63, 3.8) is 0 Å². The van der Waals surface area contributed by atoms with Gasteiger partial charge in [-0.25, -0.2) is 27.9 Å². The van der Waals surface area contributed by atoms with Crippen LogP contribution >= 0.6 is 0 Å². The topological polar surface area (TPSA) is 150 Å². The van der Waals surface area contributed by atoms with Crippen molar-refractivity contribution in [3.05, 3.63) is 53.2 Å². The van der Waals surface area contributed by atoms with Crippen LogP contribution in [-0.2, 0) is 15.5 Å². The molecule has 12 heteroatoms. The zero-order valence-corrected chi connectivity index (χ0v) is 18.1. The second-order valence-electron chi connectivity index (χ2n) is 7.68. The number of anilines is 1. The van der Waals surface area contributed by atoms with Crippen LogP contribution in [0.2, 0.25) is 0 Å². The summed E-state index contributed by atoms with van der Waals surface area (Å²) >= 11 is 0. The minimum Gasteiger partial charge on any atom is -0.369 e. The molecule has 0 aromatic carbocycles. The molecule has 0 radical (unpaired) electrons. The van der Waals surface area contributed by atoms with Gasteiger partial charge in [0.25, 0.3) is 5.91 Å². The summed E-state index contributed by atoms with van der Waals surface area (Å²) < 4.78 is 34.2. The van der Waals surface area contributed by atoms with E-state index in [9.17, 15) is 13.4 Å². The second-order valence-corrected chi connectivity index (χ2v) is 9.88. The first-order chi connectivity index (χ1) is 15.2. The summed E-state index contributed by atoms with van der Waals surface area (Å²) in [6.45, 7) is 2.50. The number of halogens is 1. The smallest absolute Gasteiger partial charge is 0.275 e. The highest BCUT2D eigenvalue weighted by molar-refractivity contribution is 7.92. The van der Waals surface area contributed by atoms with E-state index in [0.717, 1.165) is 18.9 Å². The molecule has 2 aromatic heterocycles. The number of hydrogen-bond donors (Lipinski definition) is 2. The number of guanidine groups is 1. The summed E-state index contributed by atoms with van der Waals surface area (Å²) in [6, 6.07) is 7.25. The Morgan fingerprint density at radius 3 is 2.88 bits per heavy atom. The summed E-state index contributed by atoms with van der Waals surface area (Å²) in [7, 11) is -2.90. The largest absolute Gasteiger partial charge is 0.369 e. The fourth-order valence-electron chi connectivity index (χ4n) is 3.66. The van der Waals surface area contributed by atoms with E-state index < -0.39 is 27.2 Å². The van der Waals surface area contributed by atoms with Crippen molar-refractivity contribution >= 4 is 27.6 Å². The normalized spacial score (nSPS) is 24.9. The van der Waals surface area contributed by atoms with Crippen molar-refractivity contribution in [1.29, 1.82) is 5.26 Å². The number of nitrogens with zero attached hydrogens (tertiary/aromatic N) is 6. The van der Waals surface area contributed by atoms with Crippen LogP contribution in [0.4, 0.5) is 10.2 Å². The first kappa shape index (κ1) is 21.6. The van der Waals surface area contributed by atoms with Crippen molar-refractivity contribution in [2.75, 3.05) is 24.2 Å². The number of carbonyl (C=O) groups is 1. The fraction of sp³-hybridized carbons (Fsp3) is 0.350. The number of hydrogen-bond acceptors (Lipinski definition) is 8. The quantitative estimate of drug-likeness (QED) is 0.718. The molecule has 0 spiro atoms. The van der Waals surface area contributed by atoms with Gasteiger partial charge in [-0.05, 0) is 44.0 Å². The SMILES string of the molecule is C[C@@]1(c2nc(NC(=O)c3ccc(C#N)cn3)ccc2F)C[S@@]2(=O)=NCCCCN2C(N)=N1. The maximum absolute atomic E-state index is 14.8. The predicted octanol–water partition coefficient (Wildman–Crippen LogP) is 1.76. The molecule has 2 aliphatic heterocycles. The molecular formula is C20H21FN8O2S. The van der Waals surface area contributed by atoms with Crippen LogP contribution in [-0.4, -0.2) is 49.2 Å².